The molecule has 3 rings (SSSR count). The zero-order valence-corrected chi connectivity index (χ0v) is 14.5. The highest BCUT2D eigenvalue weighted by atomic mass is 32.2. The van der Waals surface area contributed by atoms with Crippen molar-refractivity contribution >= 4 is 21.7 Å². The topological polar surface area (TPSA) is 69.7 Å². The summed E-state index contributed by atoms with van der Waals surface area (Å²) in [6, 6.07) is 10.4. The molecule has 26 heavy (non-hydrogen) atoms. The molecule has 9 heteroatoms. The van der Waals surface area contributed by atoms with E-state index in [1.165, 1.54) is 41.3 Å². The molecule has 0 bridgehead atoms. The highest BCUT2D eigenvalue weighted by molar-refractivity contribution is 7.89. The Hall–Kier alpha value is -2.52. The van der Waals surface area contributed by atoms with Gasteiger partial charge in [-0.3, -0.25) is 0 Å². The zero-order valence-electron chi connectivity index (χ0n) is 13.7. The average molecular weight is 381 g/mol. The number of urea groups is 1. The molecule has 1 N–H and O–H groups in total. The Morgan fingerprint density at radius 1 is 0.885 bits per heavy atom. The minimum absolute atomic E-state index is 0.0291. The van der Waals surface area contributed by atoms with Crippen LogP contribution in [0.4, 0.5) is 19.3 Å². The average Bonchev–Trinajstić information content (AvgIpc) is 2.64. The highest BCUT2D eigenvalue weighted by Gasteiger charge is 2.31. The van der Waals surface area contributed by atoms with Crippen molar-refractivity contribution in [3.05, 3.63) is 60.2 Å². The van der Waals surface area contributed by atoms with Crippen LogP contribution in [0, 0.1) is 11.6 Å². The fourth-order valence-corrected chi connectivity index (χ4v) is 4.17. The first-order valence-electron chi connectivity index (χ1n) is 7.95. The summed E-state index contributed by atoms with van der Waals surface area (Å²) in [5.74, 6) is -1.37. The van der Waals surface area contributed by atoms with E-state index in [9.17, 15) is 22.0 Å². The number of halogens is 2. The van der Waals surface area contributed by atoms with Gasteiger partial charge in [-0.05, 0) is 24.3 Å². The maximum absolute atomic E-state index is 13.8. The van der Waals surface area contributed by atoms with E-state index in [-0.39, 0.29) is 36.8 Å². The van der Waals surface area contributed by atoms with Crippen LogP contribution in [0.5, 0.6) is 0 Å². The van der Waals surface area contributed by atoms with Crippen LogP contribution in [-0.2, 0) is 10.0 Å². The summed E-state index contributed by atoms with van der Waals surface area (Å²) < 4.78 is 53.6. The van der Waals surface area contributed by atoms with Gasteiger partial charge >= 0.3 is 6.03 Å². The number of anilines is 1. The third-order valence-electron chi connectivity index (χ3n) is 4.10. The third-order valence-corrected chi connectivity index (χ3v) is 6.03. The molecule has 0 unspecified atom stereocenters. The van der Waals surface area contributed by atoms with Crippen molar-refractivity contribution in [1.82, 2.24) is 9.21 Å². The van der Waals surface area contributed by atoms with Crippen molar-refractivity contribution in [2.45, 2.75) is 4.90 Å². The van der Waals surface area contributed by atoms with Crippen molar-refractivity contribution in [3.63, 3.8) is 0 Å². The Balaban J connectivity index is 1.65. The molecule has 0 atom stereocenters. The Morgan fingerprint density at radius 2 is 1.46 bits per heavy atom. The molecule has 1 heterocycles. The van der Waals surface area contributed by atoms with Gasteiger partial charge in [0.15, 0.2) is 0 Å². The molecule has 0 saturated carbocycles. The predicted octanol–water partition coefficient (Wildman–Crippen LogP) is 2.50. The summed E-state index contributed by atoms with van der Waals surface area (Å²) in [6.45, 7) is 0.296. The summed E-state index contributed by atoms with van der Waals surface area (Å²) in [5, 5.41) is 2.46. The second-order valence-electron chi connectivity index (χ2n) is 5.73. The van der Waals surface area contributed by atoms with E-state index in [2.05, 4.69) is 5.32 Å². The number of amides is 2. The van der Waals surface area contributed by atoms with Gasteiger partial charge in [-0.1, -0.05) is 24.3 Å². The first kappa shape index (κ1) is 18.3. The van der Waals surface area contributed by atoms with E-state index in [1.807, 2.05) is 0 Å². The normalized spacial score (nSPS) is 15.7. The van der Waals surface area contributed by atoms with Crippen LogP contribution in [0.2, 0.25) is 0 Å². The minimum atomic E-state index is -3.97. The Labute approximate surface area is 150 Å². The predicted molar refractivity (Wildman–Crippen MR) is 92.2 cm³/mol. The summed E-state index contributed by atoms with van der Waals surface area (Å²) in [6.07, 6.45) is 0. The van der Waals surface area contributed by atoms with Crippen molar-refractivity contribution in [2.75, 3.05) is 31.5 Å². The van der Waals surface area contributed by atoms with E-state index in [4.69, 9.17) is 0 Å². The van der Waals surface area contributed by atoms with Gasteiger partial charge < -0.3 is 10.2 Å². The lowest BCUT2D eigenvalue weighted by atomic mass is 10.3. The van der Waals surface area contributed by atoms with Crippen LogP contribution >= 0.6 is 0 Å². The van der Waals surface area contributed by atoms with E-state index < -0.39 is 27.7 Å². The monoisotopic (exact) mass is 381 g/mol. The molecular formula is C17H17F2N3O3S. The van der Waals surface area contributed by atoms with Gasteiger partial charge in [0.2, 0.25) is 10.0 Å². The summed E-state index contributed by atoms with van der Waals surface area (Å²) in [5.41, 5.74) is 0.0545. The van der Waals surface area contributed by atoms with Crippen LogP contribution in [0.3, 0.4) is 0 Å². The quantitative estimate of drug-likeness (QED) is 0.888. The number of benzene rings is 2. The number of para-hydroxylation sites is 1. The number of nitrogens with zero attached hydrogens (tertiary/aromatic N) is 2. The molecule has 1 aliphatic rings. The molecule has 0 radical (unpaired) electrons. The van der Waals surface area contributed by atoms with Gasteiger partial charge in [0.1, 0.15) is 16.5 Å². The number of carbonyl (C=O) groups is 1. The second-order valence-corrected chi connectivity index (χ2v) is 7.64. The Kier molecular flexibility index (Phi) is 5.19. The number of nitrogens with one attached hydrogen (secondary N) is 1. The van der Waals surface area contributed by atoms with Crippen molar-refractivity contribution < 1.29 is 22.0 Å². The van der Waals surface area contributed by atoms with Gasteiger partial charge in [0.05, 0.1) is 5.69 Å². The zero-order chi connectivity index (χ0) is 18.7. The SMILES string of the molecule is O=C(Nc1ccccc1F)N1CCN(S(=O)(=O)c2ccccc2F)CC1. The molecule has 1 saturated heterocycles. The van der Waals surface area contributed by atoms with Crippen molar-refractivity contribution in [1.29, 1.82) is 0 Å². The maximum Gasteiger partial charge on any atom is 0.322 e. The van der Waals surface area contributed by atoms with Gasteiger partial charge in [-0.15, -0.1) is 0 Å². The number of hydrogen-bond acceptors (Lipinski definition) is 3. The number of piperazine rings is 1. The molecule has 2 amide bonds. The van der Waals surface area contributed by atoms with Crippen LogP contribution < -0.4 is 5.32 Å². The molecule has 0 aromatic heterocycles. The molecule has 2 aromatic rings. The van der Waals surface area contributed by atoms with Gasteiger partial charge in [0.25, 0.3) is 0 Å². The van der Waals surface area contributed by atoms with Crippen LogP contribution in [0.25, 0.3) is 0 Å². The molecule has 1 fully saturated rings. The van der Waals surface area contributed by atoms with Crippen LogP contribution in [-0.4, -0.2) is 49.8 Å². The van der Waals surface area contributed by atoms with E-state index in [1.54, 1.807) is 6.07 Å². The van der Waals surface area contributed by atoms with E-state index in [0.717, 1.165) is 10.4 Å². The van der Waals surface area contributed by atoms with E-state index in [0.29, 0.717) is 0 Å². The fraction of sp³-hybridized carbons (Fsp3) is 0.235. The van der Waals surface area contributed by atoms with Crippen LogP contribution in [0.15, 0.2) is 53.4 Å². The molecule has 1 aliphatic heterocycles. The lowest BCUT2D eigenvalue weighted by molar-refractivity contribution is 0.184. The Bertz CT molecular complexity index is 913. The van der Waals surface area contributed by atoms with Gasteiger partial charge in [-0.2, -0.15) is 4.31 Å². The summed E-state index contributed by atoms with van der Waals surface area (Å²) in [7, 11) is -3.97. The minimum Gasteiger partial charge on any atom is -0.322 e. The fourth-order valence-electron chi connectivity index (χ4n) is 2.68. The smallest absolute Gasteiger partial charge is 0.322 e. The number of hydrogen-bond donors (Lipinski definition) is 1. The molecule has 138 valence electrons. The van der Waals surface area contributed by atoms with Gasteiger partial charge in [-0.25, -0.2) is 22.0 Å². The summed E-state index contributed by atoms with van der Waals surface area (Å²) >= 11 is 0. The standard InChI is InChI=1S/C17H17F2N3O3S/c18-13-5-1-3-7-15(13)20-17(23)21-9-11-22(12-10-21)26(24,25)16-8-4-2-6-14(16)19/h1-8H,9-12H2,(H,20,23). The van der Waals surface area contributed by atoms with Crippen molar-refractivity contribution in [2.24, 2.45) is 0 Å². The lowest BCUT2D eigenvalue weighted by Crippen LogP contribution is -2.51. The van der Waals surface area contributed by atoms with Gasteiger partial charge in [0, 0.05) is 26.2 Å². The van der Waals surface area contributed by atoms with E-state index >= 15 is 0 Å². The third kappa shape index (κ3) is 3.68. The molecular weight excluding hydrogens is 364 g/mol. The molecule has 2 aromatic carbocycles. The Morgan fingerprint density at radius 3 is 2.08 bits per heavy atom. The largest absolute Gasteiger partial charge is 0.322 e. The first-order chi connectivity index (χ1) is 12.4. The highest BCUT2D eigenvalue weighted by Crippen LogP contribution is 2.21. The van der Waals surface area contributed by atoms with Crippen LogP contribution in [0.1, 0.15) is 0 Å². The van der Waals surface area contributed by atoms with Crippen molar-refractivity contribution in [3.8, 4) is 0 Å². The second kappa shape index (κ2) is 7.38. The number of rotatable bonds is 3. The number of sulfonamides is 1. The number of carbonyl (C=O) groups excluding carboxylic acids is 1. The lowest BCUT2D eigenvalue weighted by Gasteiger charge is -2.34. The first-order valence-corrected chi connectivity index (χ1v) is 9.39. The maximum atomic E-state index is 13.8. The summed E-state index contributed by atoms with van der Waals surface area (Å²) in [4.78, 5) is 13.2. The molecule has 0 spiro atoms. The molecule has 0 aliphatic carbocycles. The molecule has 6 nitrogen and oxygen atoms in total.